The fraction of sp³-hybridized carbons (Fsp3) is 0.314. The molecule has 13 nitrogen and oxygen atoms in total. The van der Waals surface area contributed by atoms with Gasteiger partial charge in [0.1, 0.15) is 29.4 Å². The van der Waals surface area contributed by atoms with Crippen molar-refractivity contribution in [1.82, 2.24) is 24.4 Å². The number of imidazole rings is 1. The molecule has 2 aromatic heterocycles. The monoisotopic (exact) mass is 653 g/mol. The van der Waals surface area contributed by atoms with Gasteiger partial charge in [0.25, 0.3) is 5.95 Å². The maximum absolute atomic E-state index is 11.3. The van der Waals surface area contributed by atoms with Crippen molar-refractivity contribution in [3.05, 3.63) is 102 Å². The molecule has 250 valence electrons. The van der Waals surface area contributed by atoms with Gasteiger partial charge in [-0.1, -0.05) is 54.6 Å². The molecule has 0 radical (unpaired) electrons. The van der Waals surface area contributed by atoms with E-state index in [0.717, 1.165) is 28.2 Å². The summed E-state index contributed by atoms with van der Waals surface area (Å²) in [5, 5.41) is 11.3. The molecule has 1 aliphatic heterocycles. The van der Waals surface area contributed by atoms with E-state index in [9.17, 15) is 5.11 Å². The van der Waals surface area contributed by atoms with E-state index in [1.54, 1.807) is 36.4 Å². The van der Waals surface area contributed by atoms with Gasteiger partial charge in [-0.2, -0.15) is 9.97 Å². The number of aliphatic hydroxyl groups is 1. The maximum Gasteiger partial charge on any atom is 0.254 e. The number of hydrogen-bond acceptors (Lipinski definition) is 11. The lowest BCUT2D eigenvalue weighted by atomic mass is 9.80. The van der Waals surface area contributed by atoms with E-state index in [4.69, 9.17) is 23.8 Å². The number of nitrogens with one attached hydrogen (secondary N) is 1. The van der Waals surface area contributed by atoms with Gasteiger partial charge in [-0.05, 0) is 41.0 Å². The van der Waals surface area contributed by atoms with Crippen molar-refractivity contribution in [3.8, 4) is 11.5 Å². The van der Waals surface area contributed by atoms with Crippen molar-refractivity contribution >= 4 is 29.3 Å². The van der Waals surface area contributed by atoms with Gasteiger partial charge in [0.05, 0.1) is 46.7 Å². The minimum Gasteiger partial charge on any atom is -0.497 e. The molecule has 3 aromatic carbocycles. The van der Waals surface area contributed by atoms with E-state index in [0.29, 0.717) is 17.0 Å². The van der Waals surface area contributed by atoms with Crippen LogP contribution in [-0.2, 0) is 19.9 Å². The third-order valence-electron chi connectivity index (χ3n) is 8.16. The number of nitrogens with zero attached hydrogens (tertiary/aromatic N) is 6. The molecule has 0 bridgehead atoms. The Kier molecular flexibility index (Phi) is 9.82. The zero-order valence-corrected chi connectivity index (χ0v) is 27.5. The molecule has 0 unspecified atom stereocenters. The minimum absolute atomic E-state index is 0.0705. The van der Waals surface area contributed by atoms with Crippen LogP contribution in [0.15, 0.2) is 90.2 Å². The number of methoxy groups -OCH3 is 2. The molecular formula is C35H39N7O6. The molecule has 1 aliphatic rings. The molecule has 0 spiro atoms. The zero-order chi connectivity index (χ0) is 33.7. The summed E-state index contributed by atoms with van der Waals surface area (Å²) in [5.41, 5.74) is 5.31. The molecule has 2 N–H and O–H groups in total. The summed E-state index contributed by atoms with van der Waals surface area (Å²) in [7, 11) is 8.47. The Morgan fingerprint density at radius 2 is 1.56 bits per heavy atom. The molecule has 0 aliphatic carbocycles. The molecule has 3 atom stereocenters. The lowest BCUT2D eigenvalue weighted by molar-refractivity contribution is -0.0931. The SMILES string of the molecule is CONc1nc(/N=C/N(C)C)nc2c1ncn2[C@H]1C[C@H](O)[C@@H](COC(c2ccccc2)(c2ccc(OC)cc2)c2ccc(OC)cc2)O1. The molecule has 48 heavy (non-hydrogen) atoms. The van der Waals surface area contributed by atoms with Crippen LogP contribution in [0, 0.1) is 0 Å². The molecule has 6 rings (SSSR count). The average molecular weight is 654 g/mol. The van der Waals surface area contributed by atoms with Gasteiger partial charge < -0.3 is 29.0 Å². The Balaban J connectivity index is 1.35. The zero-order valence-electron chi connectivity index (χ0n) is 27.5. The second-order valence-corrected chi connectivity index (χ2v) is 11.5. The third-order valence-corrected chi connectivity index (χ3v) is 8.16. The van der Waals surface area contributed by atoms with Crippen molar-refractivity contribution in [3.63, 3.8) is 0 Å². The van der Waals surface area contributed by atoms with Crippen molar-refractivity contribution in [2.45, 2.75) is 30.5 Å². The van der Waals surface area contributed by atoms with Gasteiger partial charge in [0, 0.05) is 20.5 Å². The first-order chi connectivity index (χ1) is 23.4. The van der Waals surface area contributed by atoms with Crippen molar-refractivity contribution in [1.29, 1.82) is 0 Å². The number of fused-ring (bicyclic) bond motifs is 1. The predicted octanol–water partition coefficient (Wildman–Crippen LogP) is 4.70. The smallest absolute Gasteiger partial charge is 0.254 e. The highest BCUT2D eigenvalue weighted by Gasteiger charge is 2.42. The highest BCUT2D eigenvalue weighted by atomic mass is 16.6. The second-order valence-electron chi connectivity index (χ2n) is 11.5. The summed E-state index contributed by atoms with van der Waals surface area (Å²) >= 11 is 0. The van der Waals surface area contributed by atoms with E-state index in [-0.39, 0.29) is 19.0 Å². The Morgan fingerprint density at radius 1 is 0.938 bits per heavy atom. The van der Waals surface area contributed by atoms with Gasteiger partial charge in [-0.25, -0.2) is 15.5 Å². The Hall–Kier alpha value is -5.08. The first-order valence-electron chi connectivity index (χ1n) is 15.4. The number of aromatic nitrogens is 4. The molecule has 1 fully saturated rings. The minimum atomic E-state index is -1.06. The fourth-order valence-electron chi connectivity index (χ4n) is 5.83. The summed E-state index contributed by atoms with van der Waals surface area (Å²) in [6.07, 6.45) is 1.42. The first kappa shape index (κ1) is 32.8. The number of anilines is 1. The highest BCUT2D eigenvalue weighted by molar-refractivity contribution is 5.84. The summed E-state index contributed by atoms with van der Waals surface area (Å²) in [5.74, 6) is 2.02. The van der Waals surface area contributed by atoms with Crippen molar-refractivity contribution in [2.75, 3.05) is 47.5 Å². The largest absolute Gasteiger partial charge is 0.497 e. The Bertz CT molecular complexity index is 1780. The third kappa shape index (κ3) is 6.53. The lowest BCUT2D eigenvalue weighted by Crippen LogP contribution is -2.38. The highest BCUT2D eigenvalue weighted by Crippen LogP contribution is 2.43. The molecule has 0 amide bonds. The van der Waals surface area contributed by atoms with Crippen LogP contribution in [0.25, 0.3) is 11.2 Å². The van der Waals surface area contributed by atoms with Gasteiger partial charge in [0.15, 0.2) is 17.0 Å². The molecule has 0 saturated carbocycles. The normalized spacial score (nSPS) is 18.0. The van der Waals surface area contributed by atoms with Crippen LogP contribution in [0.3, 0.4) is 0 Å². The summed E-state index contributed by atoms with van der Waals surface area (Å²) < 4.78 is 26.2. The fourth-order valence-corrected chi connectivity index (χ4v) is 5.83. The quantitative estimate of drug-likeness (QED) is 0.0792. The number of aliphatic hydroxyl groups excluding tert-OH is 1. The average Bonchev–Trinajstić information content (AvgIpc) is 3.71. The van der Waals surface area contributed by atoms with Gasteiger partial charge in [-0.15, -0.1) is 0 Å². The summed E-state index contributed by atoms with van der Waals surface area (Å²) in [4.78, 5) is 24.8. The Morgan fingerprint density at radius 3 is 2.15 bits per heavy atom. The van der Waals surface area contributed by atoms with Crippen LogP contribution in [0.2, 0.25) is 0 Å². The van der Waals surface area contributed by atoms with Crippen LogP contribution in [0.1, 0.15) is 29.3 Å². The number of aliphatic imine (C=N–C) groups is 1. The van der Waals surface area contributed by atoms with E-state index in [1.165, 1.54) is 7.11 Å². The van der Waals surface area contributed by atoms with E-state index < -0.39 is 24.0 Å². The van der Waals surface area contributed by atoms with Crippen molar-refractivity contribution in [2.24, 2.45) is 4.99 Å². The maximum atomic E-state index is 11.3. The van der Waals surface area contributed by atoms with Crippen LogP contribution in [0.4, 0.5) is 11.8 Å². The molecule has 3 heterocycles. The molecule has 1 saturated heterocycles. The molecule has 5 aromatic rings. The van der Waals surface area contributed by atoms with Crippen LogP contribution in [-0.4, -0.2) is 90.1 Å². The van der Waals surface area contributed by atoms with Gasteiger partial charge in [-0.3, -0.25) is 9.40 Å². The van der Waals surface area contributed by atoms with Gasteiger partial charge in [0.2, 0.25) is 0 Å². The van der Waals surface area contributed by atoms with Gasteiger partial charge >= 0.3 is 0 Å². The first-order valence-corrected chi connectivity index (χ1v) is 15.4. The number of rotatable bonds is 13. The molecular weight excluding hydrogens is 614 g/mol. The summed E-state index contributed by atoms with van der Waals surface area (Å²) in [6.45, 7) is 0.0705. The predicted molar refractivity (Wildman–Crippen MR) is 181 cm³/mol. The van der Waals surface area contributed by atoms with E-state index >= 15 is 0 Å². The number of benzene rings is 3. The van der Waals surface area contributed by atoms with Crippen molar-refractivity contribution < 1.29 is 28.9 Å². The summed E-state index contributed by atoms with van der Waals surface area (Å²) in [6, 6.07) is 25.6. The van der Waals surface area contributed by atoms with E-state index in [1.807, 2.05) is 93.0 Å². The second kappa shape index (κ2) is 14.4. The number of hydrogen-bond donors (Lipinski definition) is 2. The topological polar surface area (TPSA) is 138 Å². The van der Waals surface area contributed by atoms with Crippen LogP contribution >= 0.6 is 0 Å². The standard InChI is InChI=1S/C35H39N7O6/c1-41(2)21-37-34-38-32(40-46-5)31-33(39-34)42(22-36-31)30-19-28(43)29(48-30)20-47-35(23-9-7-6-8-10-23,24-11-15-26(44-3)16-12-24)25-13-17-27(45-4)18-14-25/h6-18,21-22,28-30,43H,19-20H2,1-5H3,(H,38,39,40)/b37-21+/t28-,29+,30+/m0/s1. The molecule has 13 heteroatoms. The van der Waals surface area contributed by atoms with Crippen LogP contribution in [0.5, 0.6) is 11.5 Å². The number of ether oxygens (including phenoxy) is 4. The lowest BCUT2D eigenvalue weighted by Gasteiger charge is -2.37. The van der Waals surface area contributed by atoms with Crippen LogP contribution < -0.4 is 15.0 Å². The van der Waals surface area contributed by atoms with E-state index in [2.05, 4.69) is 25.4 Å². The Labute approximate surface area is 278 Å².